The molecule has 4 aromatic rings. The molecule has 3 aromatic heterocycles. The number of hydrogen-bond donors (Lipinski definition) is 3. The number of carbonyl (C=O) groups is 2. The van der Waals surface area contributed by atoms with Gasteiger partial charge in [-0.05, 0) is 43.5 Å². The van der Waals surface area contributed by atoms with Crippen LogP contribution in [0.1, 0.15) is 36.8 Å². The van der Waals surface area contributed by atoms with Gasteiger partial charge in [0.15, 0.2) is 0 Å². The molecule has 1 aromatic carbocycles. The number of carboxylic acid groups (broad SMARTS) is 1. The molecule has 0 bridgehead atoms. The molecular weight excluding hydrogens is 663 g/mol. The number of aromatic nitrogens is 3. The molecule has 4 heterocycles. The summed E-state index contributed by atoms with van der Waals surface area (Å²) < 4.78 is 8.75. The summed E-state index contributed by atoms with van der Waals surface area (Å²) in [6.45, 7) is 5.64. The molecule has 10 nitrogen and oxygen atoms in total. The van der Waals surface area contributed by atoms with E-state index in [4.69, 9.17) is 9.72 Å². The predicted octanol–water partition coefficient (Wildman–Crippen LogP) is 5.83. The first-order valence-corrected chi connectivity index (χ1v) is 16.1. The van der Waals surface area contributed by atoms with Crippen LogP contribution in [0, 0.1) is 0 Å². The number of fused-ring (bicyclic) bond motifs is 2. The van der Waals surface area contributed by atoms with E-state index < -0.39 is 6.09 Å². The van der Waals surface area contributed by atoms with Gasteiger partial charge in [0, 0.05) is 54.9 Å². The molecular formula is C27H31IN6O4S2. The number of thiophene rings is 1. The lowest BCUT2D eigenvalue weighted by molar-refractivity contribution is -0.116. The molecule has 212 valence electrons. The Morgan fingerprint density at radius 3 is 2.77 bits per heavy atom. The van der Waals surface area contributed by atoms with E-state index in [0.717, 1.165) is 51.9 Å². The normalized spacial score (nSPS) is 16.9. The van der Waals surface area contributed by atoms with Crippen molar-refractivity contribution in [3.05, 3.63) is 41.0 Å². The van der Waals surface area contributed by atoms with Gasteiger partial charge in [-0.1, -0.05) is 28.7 Å². The van der Waals surface area contributed by atoms with Crippen LogP contribution in [0.4, 0.5) is 9.80 Å². The molecule has 2 atom stereocenters. The molecule has 0 fully saturated rings. The fourth-order valence-corrected chi connectivity index (χ4v) is 7.84. The summed E-state index contributed by atoms with van der Waals surface area (Å²) in [5.74, 6) is -0.101. The van der Waals surface area contributed by atoms with Crippen LogP contribution in [0.2, 0.25) is 0 Å². The first kappa shape index (κ1) is 28.9. The molecule has 0 saturated heterocycles. The largest absolute Gasteiger partial charge is 0.465 e. The van der Waals surface area contributed by atoms with E-state index in [2.05, 4.69) is 56.5 Å². The Labute approximate surface area is 253 Å². The highest BCUT2D eigenvalue weighted by molar-refractivity contribution is 14.1. The van der Waals surface area contributed by atoms with Gasteiger partial charge in [-0.25, -0.2) is 9.78 Å². The molecule has 0 saturated carbocycles. The van der Waals surface area contributed by atoms with E-state index >= 15 is 0 Å². The number of anilines is 1. The number of thiazole rings is 1. The summed E-state index contributed by atoms with van der Waals surface area (Å²) in [4.78, 5) is 32.5. The second kappa shape index (κ2) is 12.5. The van der Waals surface area contributed by atoms with Crippen LogP contribution in [0.3, 0.4) is 0 Å². The molecule has 1 aliphatic heterocycles. The van der Waals surface area contributed by atoms with Crippen LogP contribution in [-0.2, 0) is 20.5 Å². The number of hydrogen-bond acceptors (Lipinski definition) is 8. The zero-order valence-electron chi connectivity index (χ0n) is 22.4. The van der Waals surface area contributed by atoms with E-state index in [9.17, 15) is 14.7 Å². The number of methoxy groups -OCH3 is 1. The fraction of sp³-hybridized carbons (Fsp3) is 0.407. The zero-order valence-corrected chi connectivity index (χ0v) is 26.2. The average Bonchev–Trinajstić information content (AvgIpc) is 3.64. The quantitative estimate of drug-likeness (QED) is 0.109. The van der Waals surface area contributed by atoms with Crippen molar-refractivity contribution in [3.63, 3.8) is 0 Å². The van der Waals surface area contributed by atoms with Crippen molar-refractivity contribution in [1.29, 1.82) is 0 Å². The summed E-state index contributed by atoms with van der Waals surface area (Å²) in [6, 6.07) is 5.71. The number of carbonyl (C=O) groups excluding carboxylic acids is 1. The standard InChI is InChI=1S/C27H31IN6O4S2/c1-15-10-19-23(25-31-20-11-17(4-5-21(20)39-25)18-12-30-33(13-18)14-28)26(32-22(35)6-7-29-8-9-38-3)40-24(19)16(2)34(15)27(36)37/h4-5,11-13,15-16,29H,6-10,14H2,1-3H3,(H,32,35)(H,36,37). The van der Waals surface area contributed by atoms with Crippen molar-refractivity contribution in [3.8, 4) is 21.7 Å². The Kier molecular flexibility index (Phi) is 9.05. The van der Waals surface area contributed by atoms with Gasteiger partial charge in [0.1, 0.15) is 10.0 Å². The molecule has 13 heteroatoms. The zero-order chi connectivity index (χ0) is 28.4. The van der Waals surface area contributed by atoms with Gasteiger partial charge in [0.25, 0.3) is 0 Å². The topological polar surface area (TPSA) is 122 Å². The maximum absolute atomic E-state index is 13.0. The first-order chi connectivity index (χ1) is 19.3. The van der Waals surface area contributed by atoms with Crippen molar-refractivity contribution >= 4 is 72.5 Å². The van der Waals surface area contributed by atoms with Crippen LogP contribution in [-0.4, -0.2) is 69.6 Å². The van der Waals surface area contributed by atoms with Crippen LogP contribution in [0.25, 0.3) is 31.9 Å². The summed E-state index contributed by atoms with van der Waals surface area (Å²) in [5, 5.41) is 22.1. The summed E-state index contributed by atoms with van der Waals surface area (Å²) >= 11 is 5.32. The number of benzene rings is 1. The van der Waals surface area contributed by atoms with E-state index in [1.165, 1.54) is 16.2 Å². The highest BCUT2D eigenvalue weighted by Gasteiger charge is 2.37. The molecule has 40 heavy (non-hydrogen) atoms. The third-order valence-corrected chi connectivity index (χ3v) is 10.1. The van der Waals surface area contributed by atoms with Crippen molar-refractivity contribution in [1.82, 2.24) is 25.0 Å². The minimum absolute atomic E-state index is 0.101. The van der Waals surface area contributed by atoms with Crippen LogP contribution in [0.5, 0.6) is 0 Å². The van der Waals surface area contributed by atoms with Gasteiger partial charge in [-0.2, -0.15) is 5.10 Å². The van der Waals surface area contributed by atoms with Gasteiger partial charge in [-0.3, -0.25) is 14.4 Å². The number of ether oxygens (including phenoxy) is 1. The second-order valence-corrected chi connectivity index (χ2v) is 12.5. The van der Waals surface area contributed by atoms with Gasteiger partial charge in [-0.15, -0.1) is 22.7 Å². The lowest BCUT2D eigenvalue weighted by Crippen LogP contribution is -2.43. The summed E-state index contributed by atoms with van der Waals surface area (Å²) in [7, 11) is 1.64. The third kappa shape index (κ3) is 5.88. The molecule has 2 unspecified atom stereocenters. The Bertz CT molecular complexity index is 1530. The first-order valence-electron chi connectivity index (χ1n) is 13.0. The van der Waals surface area contributed by atoms with Crippen molar-refractivity contribution in [2.75, 3.05) is 32.1 Å². The fourth-order valence-electron chi connectivity index (χ4n) is 5.08. The van der Waals surface area contributed by atoms with Crippen LogP contribution in [0.15, 0.2) is 30.6 Å². The highest BCUT2D eigenvalue weighted by atomic mass is 127. The Morgan fingerprint density at radius 1 is 1.23 bits per heavy atom. The molecule has 2 amide bonds. The van der Waals surface area contributed by atoms with Gasteiger partial charge in [0.05, 0.1) is 33.6 Å². The van der Waals surface area contributed by atoms with E-state index in [1.807, 2.05) is 30.9 Å². The number of halogens is 1. The molecule has 0 spiro atoms. The van der Waals surface area contributed by atoms with E-state index in [-0.39, 0.29) is 18.0 Å². The highest BCUT2D eigenvalue weighted by Crippen LogP contribution is 2.50. The Morgan fingerprint density at radius 2 is 2.05 bits per heavy atom. The number of amides is 2. The number of alkyl halides is 1. The number of nitrogens with zero attached hydrogens (tertiary/aromatic N) is 4. The van der Waals surface area contributed by atoms with Crippen molar-refractivity contribution in [2.45, 2.75) is 43.3 Å². The van der Waals surface area contributed by atoms with E-state index in [1.54, 1.807) is 18.4 Å². The average molecular weight is 695 g/mol. The summed E-state index contributed by atoms with van der Waals surface area (Å²) in [6.07, 6.45) is 3.81. The Balaban J connectivity index is 1.51. The van der Waals surface area contributed by atoms with Gasteiger partial charge < -0.3 is 20.5 Å². The van der Waals surface area contributed by atoms with Gasteiger partial charge in [0.2, 0.25) is 5.91 Å². The molecule has 0 aliphatic carbocycles. The monoisotopic (exact) mass is 694 g/mol. The molecule has 5 rings (SSSR count). The summed E-state index contributed by atoms with van der Waals surface area (Å²) in [5.41, 5.74) is 4.93. The third-order valence-electron chi connectivity index (χ3n) is 6.99. The van der Waals surface area contributed by atoms with Crippen molar-refractivity contribution < 1.29 is 19.4 Å². The second-order valence-electron chi connectivity index (χ2n) is 9.70. The lowest BCUT2D eigenvalue weighted by atomic mass is 9.93. The SMILES string of the molecule is COCCNCCC(=O)Nc1sc2c(c1-c1nc3cc(-c4cnn(CI)c4)ccc3s1)CC(C)N(C(=O)O)C2C. The van der Waals surface area contributed by atoms with Gasteiger partial charge >= 0.3 is 6.09 Å². The van der Waals surface area contributed by atoms with E-state index in [0.29, 0.717) is 32.5 Å². The molecule has 1 aliphatic rings. The van der Waals surface area contributed by atoms with Crippen LogP contribution >= 0.6 is 45.3 Å². The number of nitrogens with one attached hydrogen (secondary N) is 2. The Hall–Kier alpha value is -2.59. The molecule has 3 N–H and O–H groups in total. The minimum atomic E-state index is -0.938. The lowest BCUT2D eigenvalue weighted by Gasteiger charge is -2.36. The predicted molar refractivity (Wildman–Crippen MR) is 168 cm³/mol. The maximum atomic E-state index is 13.0. The van der Waals surface area contributed by atoms with Crippen molar-refractivity contribution in [2.24, 2.45) is 0 Å². The smallest absolute Gasteiger partial charge is 0.408 e. The van der Waals surface area contributed by atoms with Crippen LogP contribution < -0.4 is 10.6 Å². The maximum Gasteiger partial charge on any atom is 0.408 e. The number of rotatable bonds is 10. The minimum Gasteiger partial charge on any atom is -0.465 e. The molecule has 0 radical (unpaired) electrons.